The maximum atomic E-state index is 12.7. The number of hydrogen-bond donors (Lipinski definition) is 3. The van der Waals surface area contributed by atoms with Crippen LogP contribution in [0.25, 0.3) is 28.2 Å². The fourth-order valence-corrected chi connectivity index (χ4v) is 3.09. The van der Waals surface area contributed by atoms with Crippen LogP contribution in [0.15, 0.2) is 53.3 Å². The number of imidazole rings is 1. The van der Waals surface area contributed by atoms with Crippen LogP contribution in [0.1, 0.15) is 20.8 Å². The summed E-state index contributed by atoms with van der Waals surface area (Å²) in [4.78, 5) is 47.5. The maximum absolute atomic E-state index is 12.7. The van der Waals surface area contributed by atoms with E-state index >= 15 is 0 Å². The first kappa shape index (κ1) is 18.9. The smallest absolute Gasteiger partial charge is 0.332 e. The molecule has 10 nitrogen and oxygen atoms in total. The van der Waals surface area contributed by atoms with Gasteiger partial charge in [0.05, 0.1) is 12.8 Å². The number of H-pyrrole nitrogens is 1. The van der Waals surface area contributed by atoms with Crippen molar-refractivity contribution in [1.29, 1.82) is 0 Å². The number of carbonyl (C=O) groups is 2. The third-order valence-corrected chi connectivity index (χ3v) is 4.49. The average Bonchev–Trinajstić information content (AvgIpc) is 3.08. The number of carbonyl (C=O) groups excluding carboxylic acids is 2. The molecule has 30 heavy (non-hydrogen) atoms. The van der Waals surface area contributed by atoms with Gasteiger partial charge in [0.2, 0.25) is 5.91 Å². The number of rotatable bonds is 5. The number of aromatic nitrogens is 4. The molecule has 0 radical (unpaired) electrons. The molecule has 0 spiro atoms. The van der Waals surface area contributed by atoms with Crippen molar-refractivity contribution in [3.63, 3.8) is 0 Å². The molecule has 0 saturated carbocycles. The lowest BCUT2D eigenvalue weighted by molar-refractivity contribution is 0.0990. The van der Waals surface area contributed by atoms with Gasteiger partial charge in [0.25, 0.3) is 5.91 Å². The molecular formula is C20H16N6O4. The van der Waals surface area contributed by atoms with E-state index in [4.69, 9.17) is 16.2 Å². The first-order valence-electron chi connectivity index (χ1n) is 8.76. The predicted molar refractivity (Wildman–Crippen MR) is 109 cm³/mol. The van der Waals surface area contributed by atoms with E-state index in [2.05, 4.69) is 15.0 Å². The number of fused-ring (bicyclic) bond motifs is 1. The summed E-state index contributed by atoms with van der Waals surface area (Å²) in [5, 5.41) is 0. The molecule has 2 aromatic carbocycles. The van der Waals surface area contributed by atoms with Crippen molar-refractivity contribution in [1.82, 2.24) is 19.5 Å². The van der Waals surface area contributed by atoms with Gasteiger partial charge in [0, 0.05) is 17.2 Å². The molecule has 150 valence electrons. The number of methoxy groups -OCH3 is 1. The second-order valence-electron chi connectivity index (χ2n) is 6.37. The van der Waals surface area contributed by atoms with Gasteiger partial charge in [0.15, 0.2) is 17.2 Å². The van der Waals surface area contributed by atoms with Crippen molar-refractivity contribution in [2.75, 3.05) is 7.11 Å². The minimum atomic E-state index is -0.839. The lowest BCUT2D eigenvalue weighted by atomic mass is 10.1. The van der Waals surface area contributed by atoms with E-state index in [1.807, 2.05) is 0 Å². The zero-order valence-electron chi connectivity index (χ0n) is 15.7. The number of hydrogen-bond acceptors (Lipinski definition) is 6. The number of primary amides is 2. The van der Waals surface area contributed by atoms with Gasteiger partial charge in [-0.3, -0.25) is 9.59 Å². The number of amides is 2. The van der Waals surface area contributed by atoms with Gasteiger partial charge in [-0.25, -0.2) is 19.3 Å². The maximum Gasteiger partial charge on any atom is 0.332 e. The van der Waals surface area contributed by atoms with Gasteiger partial charge >= 0.3 is 5.69 Å². The molecule has 0 atom stereocenters. The molecule has 4 rings (SSSR count). The van der Waals surface area contributed by atoms with E-state index in [0.29, 0.717) is 17.0 Å². The predicted octanol–water partition coefficient (Wildman–Crippen LogP) is 0.982. The van der Waals surface area contributed by atoms with Crippen LogP contribution < -0.4 is 21.9 Å². The molecule has 0 unspecified atom stereocenters. The minimum absolute atomic E-state index is 0.102. The van der Waals surface area contributed by atoms with E-state index in [0.717, 1.165) is 0 Å². The number of aromatic amines is 1. The third-order valence-electron chi connectivity index (χ3n) is 4.49. The Morgan fingerprint density at radius 2 is 1.80 bits per heavy atom. The van der Waals surface area contributed by atoms with Crippen molar-refractivity contribution >= 4 is 23.0 Å². The van der Waals surface area contributed by atoms with Gasteiger partial charge in [-0.1, -0.05) is 18.2 Å². The molecule has 0 aliphatic carbocycles. The lowest BCUT2D eigenvalue weighted by Crippen LogP contribution is -2.15. The summed E-state index contributed by atoms with van der Waals surface area (Å²) in [6.07, 6.45) is 0. The van der Waals surface area contributed by atoms with Crippen molar-refractivity contribution in [3.8, 4) is 22.8 Å². The largest absolute Gasteiger partial charge is 0.497 e. The van der Waals surface area contributed by atoms with E-state index in [-0.39, 0.29) is 28.2 Å². The van der Waals surface area contributed by atoms with Crippen molar-refractivity contribution < 1.29 is 14.3 Å². The summed E-state index contributed by atoms with van der Waals surface area (Å²) in [7, 11) is 1.51. The molecule has 2 aromatic heterocycles. The molecule has 4 aromatic rings. The average molecular weight is 404 g/mol. The van der Waals surface area contributed by atoms with Gasteiger partial charge in [-0.15, -0.1) is 0 Å². The Morgan fingerprint density at radius 3 is 2.50 bits per heavy atom. The van der Waals surface area contributed by atoms with Gasteiger partial charge in [0.1, 0.15) is 11.3 Å². The molecule has 0 aliphatic heterocycles. The number of nitrogens with two attached hydrogens (primary N) is 2. The van der Waals surface area contributed by atoms with E-state index in [1.165, 1.54) is 17.7 Å². The fraction of sp³-hybridized carbons (Fsp3) is 0.0500. The molecule has 2 amide bonds. The molecular weight excluding hydrogens is 388 g/mol. The lowest BCUT2D eigenvalue weighted by Gasteiger charge is -2.08. The van der Waals surface area contributed by atoms with Crippen molar-refractivity contribution in [2.45, 2.75) is 0 Å². The highest BCUT2D eigenvalue weighted by molar-refractivity contribution is 6.02. The van der Waals surface area contributed by atoms with Gasteiger partial charge in [-0.2, -0.15) is 0 Å². The molecule has 10 heteroatoms. The SMILES string of the molecule is COc1cccc(-n2c(=O)[nH]c3c(C(N)=O)nc(-c4cccc(C(N)=O)c4)nc32)c1. The Morgan fingerprint density at radius 1 is 1.03 bits per heavy atom. The Hall–Kier alpha value is -4.47. The summed E-state index contributed by atoms with van der Waals surface area (Å²) >= 11 is 0. The number of nitrogens with one attached hydrogen (secondary N) is 1. The molecule has 2 heterocycles. The minimum Gasteiger partial charge on any atom is -0.497 e. The molecule has 0 bridgehead atoms. The van der Waals surface area contributed by atoms with E-state index in [9.17, 15) is 14.4 Å². The first-order valence-corrected chi connectivity index (χ1v) is 8.76. The van der Waals surface area contributed by atoms with Crippen LogP contribution in [0.4, 0.5) is 0 Å². The van der Waals surface area contributed by atoms with E-state index in [1.54, 1.807) is 42.5 Å². The van der Waals surface area contributed by atoms with Gasteiger partial charge < -0.3 is 21.2 Å². The zero-order chi connectivity index (χ0) is 21.4. The summed E-state index contributed by atoms with van der Waals surface area (Å²) < 4.78 is 6.50. The highest BCUT2D eigenvalue weighted by Gasteiger charge is 2.20. The van der Waals surface area contributed by atoms with Crippen LogP contribution in [0, 0.1) is 0 Å². The van der Waals surface area contributed by atoms with E-state index < -0.39 is 17.5 Å². The topological polar surface area (TPSA) is 159 Å². The summed E-state index contributed by atoms with van der Waals surface area (Å²) in [5.74, 6) is -0.820. The molecule has 5 N–H and O–H groups in total. The van der Waals surface area contributed by atoms with Crippen molar-refractivity contribution in [2.24, 2.45) is 11.5 Å². The summed E-state index contributed by atoms with van der Waals surface area (Å²) in [5.41, 5.74) is 11.6. The first-order chi connectivity index (χ1) is 14.4. The molecule has 0 fully saturated rings. The fourth-order valence-electron chi connectivity index (χ4n) is 3.09. The van der Waals surface area contributed by atoms with Crippen LogP contribution in [0.5, 0.6) is 5.75 Å². The monoisotopic (exact) mass is 404 g/mol. The summed E-state index contributed by atoms with van der Waals surface area (Å²) in [6, 6.07) is 13.1. The number of ether oxygens (including phenoxy) is 1. The molecule has 0 aliphatic rings. The van der Waals surface area contributed by atoms with Crippen LogP contribution in [0.2, 0.25) is 0 Å². The standard InChI is InChI=1S/C20H16N6O4/c1-30-13-7-3-6-12(9-13)26-19-15(24-20(26)29)14(17(22)28)23-18(25-19)11-5-2-4-10(8-11)16(21)27/h2-9H,1H3,(H2,21,27)(H2,22,28)(H,24,29). The highest BCUT2D eigenvalue weighted by Crippen LogP contribution is 2.24. The summed E-state index contributed by atoms with van der Waals surface area (Å²) in [6.45, 7) is 0. The normalized spacial score (nSPS) is 10.8. The second-order valence-corrected chi connectivity index (χ2v) is 6.37. The third kappa shape index (κ3) is 3.15. The van der Waals surface area contributed by atoms with Crippen molar-refractivity contribution in [3.05, 3.63) is 70.3 Å². The Kier molecular flexibility index (Phi) is 4.51. The number of nitrogens with zero attached hydrogens (tertiary/aromatic N) is 3. The Balaban J connectivity index is 2.03. The van der Waals surface area contributed by atoms with Crippen LogP contribution in [-0.4, -0.2) is 38.4 Å². The van der Waals surface area contributed by atoms with Crippen LogP contribution in [0.3, 0.4) is 0 Å². The van der Waals surface area contributed by atoms with Gasteiger partial charge in [-0.05, 0) is 24.3 Å². The van der Waals surface area contributed by atoms with Crippen LogP contribution >= 0.6 is 0 Å². The number of benzene rings is 2. The Labute approximate surface area is 169 Å². The molecule has 0 saturated heterocycles. The quantitative estimate of drug-likeness (QED) is 0.450. The highest BCUT2D eigenvalue weighted by atomic mass is 16.5. The van der Waals surface area contributed by atoms with Crippen LogP contribution in [-0.2, 0) is 0 Å². The Bertz CT molecular complexity index is 1370. The zero-order valence-corrected chi connectivity index (χ0v) is 15.7. The second kappa shape index (κ2) is 7.17.